The molecule has 0 saturated heterocycles. The molecule has 0 bridgehead atoms. The van der Waals surface area contributed by atoms with Crippen LogP contribution in [-0.2, 0) is 9.59 Å². The number of carbonyl (C=O) groups excluding carboxylic acids is 2. The fraction of sp³-hybridized carbons (Fsp3) is 0.400. The number of nitrogens with one attached hydrogen (secondary N) is 1. The van der Waals surface area contributed by atoms with Crippen LogP contribution in [0.1, 0.15) is 20.8 Å². The third-order valence-electron chi connectivity index (χ3n) is 0.719. The van der Waals surface area contributed by atoms with Crippen LogP contribution in [0.2, 0.25) is 0 Å². The second kappa shape index (κ2) is 16.9. The summed E-state index contributed by atoms with van der Waals surface area (Å²) in [6.45, 7) is 11.9. The molecule has 0 atom stereocenters. The average Bonchev–Trinajstić information content (AvgIpc) is 2.20. The predicted octanol–water partition coefficient (Wildman–Crippen LogP) is 1.71. The van der Waals surface area contributed by atoms with Crippen molar-refractivity contribution in [3.8, 4) is 0 Å². The number of amides is 1. The monoisotopic (exact) mass is 185 g/mol. The van der Waals surface area contributed by atoms with Crippen LogP contribution >= 0.6 is 0 Å². The van der Waals surface area contributed by atoms with Crippen molar-refractivity contribution in [1.82, 2.24) is 5.32 Å². The fourth-order valence-corrected chi connectivity index (χ4v) is 0.102. The fourth-order valence-electron chi connectivity index (χ4n) is 0.102. The van der Waals surface area contributed by atoms with Crippen LogP contribution in [-0.4, -0.2) is 18.7 Å². The predicted molar refractivity (Wildman–Crippen MR) is 56.5 cm³/mol. The zero-order valence-corrected chi connectivity index (χ0v) is 8.89. The Labute approximate surface area is 80.5 Å². The molecule has 0 aromatic carbocycles. The van der Waals surface area contributed by atoms with Crippen molar-refractivity contribution in [1.29, 1.82) is 0 Å². The van der Waals surface area contributed by atoms with E-state index in [1.165, 1.54) is 19.1 Å². The highest BCUT2D eigenvalue weighted by Crippen LogP contribution is 1.60. The van der Waals surface area contributed by atoms with Gasteiger partial charge in [-0.3, -0.25) is 9.59 Å². The summed E-state index contributed by atoms with van der Waals surface area (Å²) in [6, 6.07) is 0. The minimum Gasteiger partial charge on any atom is -0.356 e. The van der Waals surface area contributed by atoms with Gasteiger partial charge in [0.15, 0.2) is 5.78 Å². The smallest absolute Gasteiger partial charge is 0.243 e. The molecule has 0 heterocycles. The summed E-state index contributed by atoms with van der Waals surface area (Å²) in [4.78, 5) is 19.6. The summed E-state index contributed by atoms with van der Waals surface area (Å²) in [5, 5.41) is 2.36. The lowest BCUT2D eigenvalue weighted by Gasteiger charge is -1.82. The number of likely N-dealkylation sites (N-methyl/N-ethyl adjacent to an activating group) is 1. The Balaban J connectivity index is -0.000000131. The molecule has 76 valence electrons. The summed E-state index contributed by atoms with van der Waals surface area (Å²) < 4.78 is 0. The first-order valence-electron chi connectivity index (χ1n) is 4.05. The SMILES string of the molecule is C=CC(=O)NC.C=CC(C)=O.CC. The quantitative estimate of drug-likeness (QED) is 0.666. The van der Waals surface area contributed by atoms with Crippen molar-refractivity contribution in [2.24, 2.45) is 0 Å². The van der Waals surface area contributed by atoms with E-state index in [-0.39, 0.29) is 11.7 Å². The lowest BCUT2D eigenvalue weighted by Crippen LogP contribution is -2.13. The number of carbonyl (C=O) groups is 2. The largest absolute Gasteiger partial charge is 0.356 e. The molecule has 0 spiro atoms. The van der Waals surface area contributed by atoms with E-state index in [9.17, 15) is 9.59 Å². The molecule has 0 aromatic heterocycles. The first-order valence-corrected chi connectivity index (χ1v) is 4.05. The van der Waals surface area contributed by atoms with Crippen LogP contribution in [0.25, 0.3) is 0 Å². The van der Waals surface area contributed by atoms with Crippen LogP contribution in [0, 0.1) is 0 Å². The minimum atomic E-state index is -0.144. The molecule has 13 heavy (non-hydrogen) atoms. The van der Waals surface area contributed by atoms with Crippen LogP contribution in [0.5, 0.6) is 0 Å². The molecule has 0 radical (unpaired) electrons. The van der Waals surface area contributed by atoms with Gasteiger partial charge in [0.1, 0.15) is 0 Å². The van der Waals surface area contributed by atoms with E-state index in [0.29, 0.717) is 0 Å². The van der Waals surface area contributed by atoms with Gasteiger partial charge in [-0.15, -0.1) is 0 Å². The van der Waals surface area contributed by atoms with Gasteiger partial charge >= 0.3 is 0 Å². The normalized spacial score (nSPS) is 6.15. The van der Waals surface area contributed by atoms with Crippen LogP contribution in [0.3, 0.4) is 0 Å². The standard InChI is InChI=1S/C4H7NO.C4H6O.C2H6/c1-3-4(6)5-2;1-3-4(2)5;1-2/h3H,1H2,2H3,(H,5,6);3H,1H2,2H3;1-2H3. The zero-order valence-electron chi connectivity index (χ0n) is 8.89. The molecule has 1 N–H and O–H groups in total. The summed E-state index contributed by atoms with van der Waals surface area (Å²) in [5.74, 6) is -0.125. The minimum absolute atomic E-state index is 0.0185. The zero-order chi connectivity index (χ0) is 11.3. The van der Waals surface area contributed by atoms with Crippen molar-refractivity contribution in [2.75, 3.05) is 7.05 Å². The highest BCUT2D eigenvalue weighted by atomic mass is 16.1. The van der Waals surface area contributed by atoms with E-state index in [4.69, 9.17) is 0 Å². The van der Waals surface area contributed by atoms with Gasteiger partial charge in [0.05, 0.1) is 0 Å². The van der Waals surface area contributed by atoms with E-state index in [1.54, 1.807) is 7.05 Å². The molecule has 0 aromatic rings. The Bertz CT molecular complexity index is 162. The Morgan fingerprint density at radius 2 is 1.46 bits per heavy atom. The topological polar surface area (TPSA) is 46.2 Å². The number of allylic oxidation sites excluding steroid dienone is 1. The maximum absolute atomic E-state index is 9.95. The molecule has 3 nitrogen and oxygen atoms in total. The molecule has 0 aliphatic rings. The number of hydrogen-bond acceptors (Lipinski definition) is 2. The average molecular weight is 185 g/mol. The lowest BCUT2D eigenvalue weighted by molar-refractivity contribution is -0.116. The van der Waals surface area contributed by atoms with Crippen molar-refractivity contribution in [3.05, 3.63) is 25.3 Å². The van der Waals surface area contributed by atoms with Crippen molar-refractivity contribution < 1.29 is 9.59 Å². The van der Waals surface area contributed by atoms with Gasteiger partial charge in [0.2, 0.25) is 5.91 Å². The third-order valence-corrected chi connectivity index (χ3v) is 0.719. The number of ketones is 1. The third kappa shape index (κ3) is 37.0. The van der Waals surface area contributed by atoms with Gasteiger partial charge in [-0.25, -0.2) is 0 Å². The molecule has 1 amide bonds. The highest BCUT2D eigenvalue weighted by molar-refractivity contribution is 5.86. The van der Waals surface area contributed by atoms with Gasteiger partial charge in [-0.1, -0.05) is 27.0 Å². The molecule has 3 heteroatoms. The van der Waals surface area contributed by atoms with Gasteiger partial charge in [0.25, 0.3) is 0 Å². The summed E-state index contributed by atoms with van der Waals surface area (Å²) in [7, 11) is 1.56. The molecule has 0 unspecified atom stereocenters. The van der Waals surface area contributed by atoms with E-state index in [0.717, 1.165) is 0 Å². The van der Waals surface area contributed by atoms with Gasteiger partial charge < -0.3 is 5.32 Å². The molecule has 0 saturated carbocycles. The van der Waals surface area contributed by atoms with Gasteiger partial charge in [0, 0.05) is 7.05 Å². The molecule has 0 fully saturated rings. The highest BCUT2D eigenvalue weighted by Gasteiger charge is 1.78. The Kier molecular flexibility index (Phi) is 23.0. The first kappa shape index (κ1) is 17.6. The van der Waals surface area contributed by atoms with Crippen molar-refractivity contribution >= 4 is 11.7 Å². The van der Waals surface area contributed by atoms with Crippen LogP contribution < -0.4 is 5.32 Å². The van der Waals surface area contributed by atoms with Crippen LogP contribution in [0.4, 0.5) is 0 Å². The first-order chi connectivity index (χ1) is 6.08. The Morgan fingerprint density at radius 3 is 1.46 bits per heavy atom. The molecule has 0 aliphatic carbocycles. The van der Waals surface area contributed by atoms with Gasteiger partial charge in [-0.2, -0.15) is 0 Å². The summed E-state index contributed by atoms with van der Waals surface area (Å²) in [5.41, 5.74) is 0. The summed E-state index contributed by atoms with van der Waals surface area (Å²) in [6.07, 6.45) is 2.50. The van der Waals surface area contributed by atoms with Gasteiger partial charge in [-0.05, 0) is 19.1 Å². The maximum Gasteiger partial charge on any atom is 0.243 e. The van der Waals surface area contributed by atoms with E-state index < -0.39 is 0 Å². The van der Waals surface area contributed by atoms with Crippen LogP contribution in [0.15, 0.2) is 25.3 Å². The molecule has 0 rings (SSSR count). The number of hydrogen-bond donors (Lipinski definition) is 1. The molecule has 0 aliphatic heterocycles. The number of rotatable bonds is 2. The van der Waals surface area contributed by atoms with E-state index in [2.05, 4.69) is 18.5 Å². The van der Waals surface area contributed by atoms with E-state index in [1.807, 2.05) is 13.8 Å². The lowest BCUT2D eigenvalue weighted by atomic mass is 10.5. The second-order valence-corrected chi connectivity index (χ2v) is 1.63. The summed E-state index contributed by atoms with van der Waals surface area (Å²) >= 11 is 0. The second-order valence-electron chi connectivity index (χ2n) is 1.63. The molecular weight excluding hydrogens is 166 g/mol. The maximum atomic E-state index is 9.95. The van der Waals surface area contributed by atoms with E-state index >= 15 is 0 Å². The van der Waals surface area contributed by atoms with Crippen molar-refractivity contribution in [2.45, 2.75) is 20.8 Å². The van der Waals surface area contributed by atoms with Crippen molar-refractivity contribution in [3.63, 3.8) is 0 Å². The Hall–Kier alpha value is -1.38. The Morgan fingerprint density at radius 1 is 1.15 bits per heavy atom. The molecular formula is C10H19NO2.